The van der Waals surface area contributed by atoms with Crippen molar-refractivity contribution < 1.29 is 9.47 Å². The Morgan fingerprint density at radius 1 is 0.460 bits per heavy atom. The highest BCUT2D eigenvalue weighted by molar-refractivity contribution is 4.94. The van der Waals surface area contributed by atoms with E-state index in [-0.39, 0.29) is 12.2 Å². The lowest BCUT2D eigenvalue weighted by Gasteiger charge is -2.35. The summed E-state index contributed by atoms with van der Waals surface area (Å²) in [5.74, 6) is 0. The molecule has 4 nitrogen and oxygen atoms in total. The van der Waals surface area contributed by atoms with Crippen LogP contribution < -0.4 is 0 Å². The molecular formula is C46H84N2O2. The third kappa shape index (κ3) is 24.9. The second-order valence-electron chi connectivity index (χ2n) is 15.5. The highest BCUT2D eigenvalue weighted by atomic mass is 16.5. The summed E-state index contributed by atoms with van der Waals surface area (Å²) in [6.07, 6.45) is 52.8. The molecule has 2 aliphatic heterocycles. The fourth-order valence-corrected chi connectivity index (χ4v) is 7.40. The second-order valence-corrected chi connectivity index (χ2v) is 15.5. The van der Waals surface area contributed by atoms with Crippen LogP contribution in [0.2, 0.25) is 0 Å². The van der Waals surface area contributed by atoms with E-state index in [0.717, 1.165) is 39.1 Å². The minimum atomic E-state index is 0.247. The van der Waals surface area contributed by atoms with Crippen molar-refractivity contribution in [1.29, 1.82) is 0 Å². The predicted octanol–water partition coefficient (Wildman–Crippen LogP) is 12.8. The van der Waals surface area contributed by atoms with Gasteiger partial charge in [0.05, 0.1) is 12.2 Å². The summed E-state index contributed by atoms with van der Waals surface area (Å²) in [7, 11) is 2.26. The lowest BCUT2D eigenvalue weighted by atomic mass is 10.0. The largest absolute Gasteiger partial charge is 0.374 e. The van der Waals surface area contributed by atoms with Gasteiger partial charge in [-0.25, -0.2) is 0 Å². The first kappa shape index (κ1) is 45.0. The molecule has 1 unspecified atom stereocenters. The Labute approximate surface area is 312 Å². The van der Waals surface area contributed by atoms with Crippen molar-refractivity contribution in [3.05, 3.63) is 48.6 Å². The van der Waals surface area contributed by atoms with Crippen LogP contribution in [0.3, 0.4) is 0 Å². The minimum absolute atomic E-state index is 0.247. The van der Waals surface area contributed by atoms with Crippen molar-refractivity contribution >= 4 is 0 Å². The van der Waals surface area contributed by atoms with Crippen LogP contribution in [0.25, 0.3) is 0 Å². The number of hydrogen-bond donors (Lipinski definition) is 0. The summed E-state index contributed by atoms with van der Waals surface area (Å²) >= 11 is 0. The fourth-order valence-electron chi connectivity index (χ4n) is 7.40. The molecule has 0 spiro atoms. The van der Waals surface area contributed by atoms with Gasteiger partial charge in [0.15, 0.2) is 0 Å². The van der Waals surface area contributed by atoms with Gasteiger partial charge < -0.3 is 14.4 Å². The number of allylic oxidation sites excluding steroid dienone is 8. The molecular weight excluding hydrogens is 613 g/mol. The normalized spacial score (nSPS) is 19.9. The highest BCUT2D eigenvalue weighted by Gasteiger charge is 2.38. The number of likely N-dealkylation sites (tertiary alicyclic amines) is 2. The highest BCUT2D eigenvalue weighted by Crippen LogP contribution is 2.25. The SMILES string of the molecule is CCCCC/C=C\C/C=C\CCCCCCCCOC1CN(C2CCN(C)CC2)C[C@H]1OCCCCCCCC/C=C\C/C=C\CCCCC. The molecule has 4 heteroatoms. The molecule has 2 aliphatic rings. The van der Waals surface area contributed by atoms with E-state index >= 15 is 0 Å². The van der Waals surface area contributed by atoms with Crippen LogP contribution in [-0.2, 0) is 9.47 Å². The van der Waals surface area contributed by atoms with Gasteiger partial charge in [-0.05, 0) is 110 Å². The van der Waals surface area contributed by atoms with E-state index in [4.69, 9.17) is 9.47 Å². The van der Waals surface area contributed by atoms with Gasteiger partial charge in [-0.3, -0.25) is 4.90 Å². The molecule has 2 heterocycles. The lowest BCUT2D eigenvalue weighted by Crippen LogP contribution is -2.43. The van der Waals surface area contributed by atoms with Crippen LogP contribution in [0.15, 0.2) is 48.6 Å². The predicted molar refractivity (Wildman–Crippen MR) is 220 cm³/mol. The van der Waals surface area contributed by atoms with E-state index in [0.29, 0.717) is 6.04 Å². The molecule has 2 saturated heterocycles. The van der Waals surface area contributed by atoms with E-state index < -0.39 is 0 Å². The summed E-state index contributed by atoms with van der Waals surface area (Å²) in [6.45, 7) is 10.9. The maximum absolute atomic E-state index is 6.56. The van der Waals surface area contributed by atoms with Gasteiger partial charge in [-0.1, -0.05) is 140 Å². The summed E-state index contributed by atoms with van der Waals surface area (Å²) in [4.78, 5) is 5.19. The third-order valence-corrected chi connectivity index (χ3v) is 10.8. The van der Waals surface area contributed by atoms with Crippen molar-refractivity contribution in [3.8, 4) is 0 Å². The minimum Gasteiger partial charge on any atom is -0.374 e. The van der Waals surface area contributed by atoms with Gasteiger partial charge in [0, 0.05) is 32.3 Å². The Morgan fingerprint density at radius 3 is 1.22 bits per heavy atom. The lowest BCUT2D eigenvalue weighted by molar-refractivity contribution is -0.0481. The molecule has 50 heavy (non-hydrogen) atoms. The molecule has 0 aromatic heterocycles. The average molecular weight is 697 g/mol. The third-order valence-electron chi connectivity index (χ3n) is 10.8. The number of nitrogens with zero attached hydrogens (tertiary/aromatic N) is 2. The first-order valence-electron chi connectivity index (χ1n) is 22.0. The molecule has 0 aromatic carbocycles. The number of ether oxygens (including phenoxy) is 2. The van der Waals surface area contributed by atoms with Gasteiger partial charge in [-0.2, -0.15) is 0 Å². The summed E-state index contributed by atoms with van der Waals surface area (Å²) in [5.41, 5.74) is 0. The fraction of sp³-hybridized carbons (Fsp3) is 0.826. The summed E-state index contributed by atoms with van der Waals surface area (Å²) in [6, 6.07) is 0.703. The molecule has 0 saturated carbocycles. The van der Waals surface area contributed by atoms with Crippen LogP contribution in [0.4, 0.5) is 0 Å². The standard InChI is InChI=1S/C46H84N2O2/c1-4-6-8-10-12-14-16-18-20-22-24-26-28-30-32-34-40-49-45-42-48(44-36-38-47(3)39-37-44)43-46(45)50-41-35-33-31-29-27-25-23-21-19-17-15-13-11-9-7-5-2/h12-15,18-21,44-46H,4-11,16-17,22-43H2,1-3H3/b14-12-,15-13-,20-18-,21-19-/t45-,46?/m1/s1. The molecule has 2 fully saturated rings. The van der Waals surface area contributed by atoms with E-state index in [2.05, 4.69) is 79.3 Å². The first-order valence-corrected chi connectivity index (χ1v) is 22.0. The maximum atomic E-state index is 6.56. The van der Waals surface area contributed by atoms with E-state index in [9.17, 15) is 0 Å². The van der Waals surface area contributed by atoms with Crippen molar-refractivity contribution in [2.45, 2.75) is 199 Å². The van der Waals surface area contributed by atoms with Gasteiger partial charge in [0.1, 0.15) is 0 Å². The van der Waals surface area contributed by atoms with Crippen LogP contribution in [0.1, 0.15) is 181 Å². The summed E-state index contributed by atoms with van der Waals surface area (Å²) in [5, 5.41) is 0. The van der Waals surface area contributed by atoms with Gasteiger partial charge >= 0.3 is 0 Å². The summed E-state index contributed by atoms with van der Waals surface area (Å²) < 4.78 is 13.1. The van der Waals surface area contributed by atoms with Gasteiger partial charge in [-0.15, -0.1) is 0 Å². The average Bonchev–Trinajstić information content (AvgIpc) is 3.53. The molecule has 0 bridgehead atoms. The molecule has 290 valence electrons. The maximum Gasteiger partial charge on any atom is 0.0975 e. The van der Waals surface area contributed by atoms with Crippen molar-refractivity contribution in [3.63, 3.8) is 0 Å². The van der Waals surface area contributed by atoms with Crippen LogP contribution in [0.5, 0.6) is 0 Å². The van der Waals surface area contributed by atoms with Crippen LogP contribution in [0, 0.1) is 0 Å². The van der Waals surface area contributed by atoms with E-state index in [1.165, 1.54) is 167 Å². The Morgan fingerprint density at radius 2 is 0.820 bits per heavy atom. The molecule has 2 rings (SSSR count). The Balaban J connectivity index is 1.51. The molecule has 0 amide bonds. The van der Waals surface area contributed by atoms with Crippen LogP contribution >= 0.6 is 0 Å². The van der Waals surface area contributed by atoms with E-state index in [1.807, 2.05) is 0 Å². The van der Waals surface area contributed by atoms with E-state index in [1.54, 1.807) is 0 Å². The molecule has 0 radical (unpaired) electrons. The Bertz CT molecular complexity index is 785. The monoisotopic (exact) mass is 697 g/mol. The second kappa shape index (κ2) is 33.6. The van der Waals surface area contributed by atoms with Gasteiger partial charge in [0.2, 0.25) is 0 Å². The first-order chi connectivity index (χ1) is 24.7. The zero-order valence-electron chi connectivity index (χ0n) is 33.7. The molecule has 0 aliphatic carbocycles. The van der Waals surface area contributed by atoms with Gasteiger partial charge in [0.25, 0.3) is 0 Å². The van der Waals surface area contributed by atoms with Crippen molar-refractivity contribution in [1.82, 2.24) is 9.80 Å². The zero-order chi connectivity index (χ0) is 35.6. The zero-order valence-corrected chi connectivity index (χ0v) is 33.7. The number of hydrogen-bond acceptors (Lipinski definition) is 4. The Hall–Kier alpha value is -1.20. The topological polar surface area (TPSA) is 24.9 Å². The van der Waals surface area contributed by atoms with Crippen molar-refractivity contribution in [2.24, 2.45) is 0 Å². The Kier molecular flexibility index (Phi) is 30.2. The number of rotatable bonds is 33. The molecule has 0 N–H and O–H groups in total. The molecule has 2 atom stereocenters. The van der Waals surface area contributed by atoms with Crippen molar-refractivity contribution in [2.75, 3.05) is 46.4 Å². The van der Waals surface area contributed by atoms with Crippen LogP contribution in [-0.4, -0.2) is 74.5 Å². The smallest absolute Gasteiger partial charge is 0.0975 e. The number of piperidine rings is 1. The number of unbranched alkanes of at least 4 members (excludes halogenated alkanes) is 18. The molecule has 0 aromatic rings. The quantitative estimate of drug-likeness (QED) is 0.0504.